The summed E-state index contributed by atoms with van der Waals surface area (Å²) in [6.45, 7) is 2.58. The quantitative estimate of drug-likeness (QED) is 0.841. The van der Waals surface area contributed by atoms with Gasteiger partial charge < -0.3 is 10.6 Å². The van der Waals surface area contributed by atoms with Crippen LogP contribution in [0.1, 0.15) is 30.1 Å². The number of hydrogen-bond acceptors (Lipinski definition) is 2. The van der Waals surface area contributed by atoms with E-state index >= 15 is 0 Å². The first kappa shape index (κ1) is 17.5. The number of likely N-dealkylation sites (tertiary alicyclic amines) is 1. The van der Waals surface area contributed by atoms with Crippen molar-refractivity contribution in [3.05, 3.63) is 59.4 Å². The lowest BCUT2D eigenvalue weighted by atomic mass is 9.97. The first-order valence-electron chi connectivity index (χ1n) is 8.18. The Hall–Kier alpha value is -2.34. The number of hydrogen-bond donors (Lipinski definition) is 1. The lowest BCUT2D eigenvalue weighted by molar-refractivity contribution is 0.0619. The molecule has 1 fully saturated rings. The molecule has 0 saturated carbocycles. The summed E-state index contributed by atoms with van der Waals surface area (Å²) >= 11 is 0. The van der Waals surface area contributed by atoms with Crippen molar-refractivity contribution in [2.75, 3.05) is 6.54 Å². The summed E-state index contributed by atoms with van der Waals surface area (Å²) in [4.78, 5) is 14.4. The second kappa shape index (κ2) is 6.88. The number of nitrogens with two attached hydrogens (primary N) is 1. The SMILES string of the molecule is C[C@H]1C[C@H](N)CCN1C(=O)c1ccc(-c2cc(F)c(F)c(F)c2)cc1. The average molecular weight is 348 g/mol. The van der Waals surface area contributed by atoms with Gasteiger partial charge in [-0.3, -0.25) is 4.79 Å². The van der Waals surface area contributed by atoms with Crippen LogP contribution in [0.4, 0.5) is 13.2 Å². The van der Waals surface area contributed by atoms with Crippen molar-refractivity contribution in [2.45, 2.75) is 31.8 Å². The van der Waals surface area contributed by atoms with Crippen LogP contribution in [0.15, 0.2) is 36.4 Å². The second-order valence-electron chi connectivity index (χ2n) is 6.46. The van der Waals surface area contributed by atoms with Gasteiger partial charge in [0.25, 0.3) is 5.91 Å². The Morgan fingerprint density at radius 1 is 1.08 bits per heavy atom. The summed E-state index contributed by atoms with van der Waals surface area (Å²) < 4.78 is 39.8. The standard InChI is InChI=1S/C19H19F3N2O/c1-11-8-15(23)6-7-24(11)19(25)13-4-2-12(3-5-13)14-9-16(20)18(22)17(21)10-14/h2-5,9-11,15H,6-8,23H2,1H3/t11-,15+/m0/s1. The molecule has 3 rings (SSSR count). The van der Waals surface area contributed by atoms with E-state index in [1.165, 1.54) is 0 Å². The van der Waals surface area contributed by atoms with Gasteiger partial charge >= 0.3 is 0 Å². The van der Waals surface area contributed by atoms with E-state index < -0.39 is 17.5 Å². The van der Waals surface area contributed by atoms with E-state index in [2.05, 4.69) is 0 Å². The molecule has 0 spiro atoms. The van der Waals surface area contributed by atoms with Gasteiger partial charge in [-0.2, -0.15) is 0 Å². The minimum atomic E-state index is -1.49. The number of nitrogens with zero attached hydrogens (tertiary/aromatic N) is 1. The third-order valence-electron chi connectivity index (χ3n) is 4.63. The molecule has 0 bridgehead atoms. The van der Waals surface area contributed by atoms with Crippen molar-refractivity contribution in [1.29, 1.82) is 0 Å². The minimum absolute atomic E-state index is 0.0659. The molecule has 2 aromatic carbocycles. The lowest BCUT2D eigenvalue weighted by Crippen LogP contribution is -2.48. The molecular formula is C19H19F3N2O. The number of piperidine rings is 1. The topological polar surface area (TPSA) is 46.3 Å². The van der Waals surface area contributed by atoms with E-state index in [9.17, 15) is 18.0 Å². The number of rotatable bonds is 2. The number of amides is 1. The first-order valence-corrected chi connectivity index (χ1v) is 8.18. The molecule has 25 heavy (non-hydrogen) atoms. The van der Waals surface area contributed by atoms with Crippen molar-refractivity contribution in [3.63, 3.8) is 0 Å². The third kappa shape index (κ3) is 3.54. The maximum atomic E-state index is 13.4. The summed E-state index contributed by atoms with van der Waals surface area (Å²) in [7, 11) is 0. The van der Waals surface area contributed by atoms with Crippen molar-refractivity contribution in [2.24, 2.45) is 5.73 Å². The van der Waals surface area contributed by atoms with E-state index in [1.807, 2.05) is 6.92 Å². The normalized spacial score (nSPS) is 20.6. The van der Waals surface area contributed by atoms with Gasteiger partial charge in [-0.1, -0.05) is 12.1 Å². The Morgan fingerprint density at radius 3 is 2.24 bits per heavy atom. The van der Waals surface area contributed by atoms with Crippen LogP contribution in [0.3, 0.4) is 0 Å². The number of carbonyl (C=O) groups is 1. The van der Waals surface area contributed by atoms with Crippen LogP contribution in [0.2, 0.25) is 0 Å². The predicted octanol–water partition coefficient (Wildman–Crippen LogP) is 3.72. The highest BCUT2D eigenvalue weighted by molar-refractivity contribution is 5.95. The maximum Gasteiger partial charge on any atom is 0.254 e. The van der Waals surface area contributed by atoms with Crippen LogP contribution in [0.5, 0.6) is 0 Å². The van der Waals surface area contributed by atoms with E-state index in [1.54, 1.807) is 29.2 Å². The van der Waals surface area contributed by atoms with Crippen molar-refractivity contribution < 1.29 is 18.0 Å². The fraction of sp³-hybridized carbons (Fsp3) is 0.316. The molecule has 3 nitrogen and oxygen atoms in total. The maximum absolute atomic E-state index is 13.4. The Labute approximate surface area is 144 Å². The monoisotopic (exact) mass is 348 g/mol. The molecule has 1 saturated heterocycles. The molecule has 1 heterocycles. The largest absolute Gasteiger partial charge is 0.336 e. The van der Waals surface area contributed by atoms with Crippen LogP contribution in [-0.2, 0) is 0 Å². The Bertz CT molecular complexity index is 769. The molecule has 0 aromatic heterocycles. The molecule has 1 aliphatic rings. The first-order chi connectivity index (χ1) is 11.9. The zero-order chi connectivity index (χ0) is 18.1. The highest BCUT2D eigenvalue weighted by Crippen LogP contribution is 2.25. The third-order valence-corrected chi connectivity index (χ3v) is 4.63. The van der Waals surface area contributed by atoms with Gasteiger partial charge in [0.2, 0.25) is 0 Å². The molecule has 0 aliphatic carbocycles. The smallest absolute Gasteiger partial charge is 0.254 e. The zero-order valence-electron chi connectivity index (χ0n) is 13.8. The van der Waals surface area contributed by atoms with Gasteiger partial charge in [-0.15, -0.1) is 0 Å². The molecular weight excluding hydrogens is 329 g/mol. The Morgan fingerprint density at radius 2 is 1.68 bits per heavy atom. The van der Waals surface area contributed by atoms with Gasteiger partial charge in [0.05, 0.1) is 0 Å². The van der Waals surface area contributed by atoms with Crippen LogP contribution in [0.25, 0.3) is 11.1 Å². The lowest BCUT2D eigenvalue weighted by Gasteiger charge is -2.36. The van der Waals surface area contributed by atoms with Crippen LogP contribution in [-0.4, -0.2) is 29.4 Å². The van der Waals surface area contributed by atoms with Gasteiger partial charge in [-0.05, 0) is 55.2 Å². The molecule has 2 N–H and O–H groups in total. The Kier molecular flexibility index (Phi) is 4.81. The predicted molar refractivity (Wildman–Crippen MR) is 89.5 cm³/mol. The summed E-state index contributed by atoms with van der Waals surface area (Å²) in [5, 5.41) is 0. The summed E-state index contributed by atoms with van der Waals surface area (Å²) in [6.07, 6.45) is 1.53. The van der Waals surface area contributed by atoms with Crippen LogP contribution in [0, 0.1) is 17.5 Å². The highest BCUT2D eigenvalue weighted by atomic mass is 19.2. The van der Waals surface area contributed by atoms with Gasteiger partial charge in [0.15, 0.2) is 17.5 Å². The molecule has 0 unspecified atom stereocenters. The van der Waals surface area contributed by atoms with Crippen LogP contribution >= 0.6 is 0 Å². The van der Waals surface area contributed by atoms with Crippen molar-refractivity contribution >= 4 is 5.91 Å². The summed E-state index contributed by atoms with van der Waals surface area (Å²) in [5.74, 6) is -4.07. The molecule has 6 heteroatoms. The van der Waals surface area contributed by atoms with E-state index in [0.717, 1.165) is 25.0 Å². The molecule has 1 amide bonds. The number of carbonyl (C=O) groups excluding carboxylic acids is 1. The molecule has 2 aromatic rings. The Balaban J connectivity index is 1.82. The molecule has 0 radical (unpaired) electrons. The second-order valence-corrected chi connectivity index (χ2v) is 6.46. The average Bonchev–Trinajstić information content (AvgIpc) is 2.59. The highest BCUT2D eigenvalue weighted by Gasteiger charge is 2.27. The van der Waals surface area contributed by atoms with Crippen molar-refractivity contribution in [3.8, 4) is 11.1 Å². The van der Waals surface area contributed by atoms with Gasteiger partial charge in [0.1, 0.15) is 0 Å². The minimum Gasteiger partial charge on any atom is -0.336 e. The summed E-state index contributed by atoms with van der Waals surface area (Å²) in [5.41, 5.74) is 7.13. The zero-order valence-corrected chi connectivity index (χ0v) is 13.8. The number of benzene rings is 2. The van der Waals surface area contributed by atoms with Crippen LogP contribution < -0.4 is 5.73 Å². The number of halogens is 3. The fourth-order valence-corrected chi connectivity index (χ4v) is 3.20. The van der Waals surface area contributed by atoms with Gasteiger partial charge in [-0.25, -0.2) is 13.2 Å². The van der Waals surface area contributed by atoms with Crippen molar-refractivity contribution in [1.82, 2.24) is 4.90 Å². The van der Waals surface area contributed by atoms with Gasteiger partial charge in [0, 0.05) is 24.2 Å². The van der Waals surface area contributed by atoms with E-state index in [4.69, 9.17) is 5.73 Å². The fourth-order valence-electron chi connectivity index (χ4n) is 3.20. The molecule has 2 atom stereocenters. The van der Waals surface area contributed by atoms with E-state index in [-0.39, 0.29) is 23.6 Å². The molecule has 1 aliphatic heterocycles. The summed E-state index contributed by atoms with van der Waals surface area (Å²) in [6, 6.07) is 8.46. The van der Waals surface area contributed by atoms with E-state index in [0.29, 0.717) is 17.7 Å². The molecule has 132 valence electrons.